The first kappa shape index (κ1) is 17.5. The van der Waals surface area contributed by atoms with Crippen LogP contribution in [0.5, 0.6) is 0 Å². The Bertz CT molecular complexity index is 692. The standard InChI is InChI=1S/C18H28N6O/c1-13(12-24-15(3)8-14(2)22-24)9-19-18(25)23-7-5-4-6-17(23)16-10-20-21-11-16/h8,10-11,13,17H,4-7,9,12H2,1-3H3,(H,19,25)(H,20,21)/t13-,17+/m1/s1. The predicted octanol–water partition coefficient (Wildman–Crippen LogP) is 2.80. The molecule has 0 radical (unpaired) electrons. The molecule has 25 heavy (non-hydrogen) atoms. The fourth-order valence-corrected chi connectivity index (χ4v) is 3.55. The largest absolute Gasteiger partial charge is 0.338 e. The molecule has 7 nitrogen and oxygen atoms in total. The minimum absolute atomic E-state index is 0.0196. The van der Waals surface area contributed by atoms with Crippen molar-refractivity contribution in [3.63, 3.8) is 0 Å². The van der Waals surface area contributed by atoms with Gasteiger partial charge in [0.15, 0.2) is 0 Å². The molecule has 2 aromatic heterocycles. The van der Waals surface area contributed by atoms with E-state index in [1.807, 2.05) is 28.9 Å². The summed E-state index contributed by atoms with van der Waals surface area (Å²) in [6, 6.07) is 2.22. The van der Waals surface area contributed by atoms with Crippen molar-refractivity contribution >= 4 is 6.03 Å². The van der Waals surface area contributed by atoms with E-state index < -0.39 is 0 Å². The molecule has 2 N–H and O–H groups in total. The summed E-state index contributed by atoms with van der Waals surface area (Å²) in [4.78, 5) is 14.6. The molecule has 2 amide bonds. The van der Waals surface area contributed by atoms with Crippen LogP contribution in [-0.4, -0.2) is 44.0 Å². The molecular weight excluding hydrogens is 316 g/mol. The maximum Gasteiger partial charge on any atom is 0.317 e. The quantitative estimate of drug-likeness (QED) is 0.875. The molecule has 0 unspecified atom stereocenters. The second-order valence-corrected chi connectivity index (χ2v) is 7.14. The molecule has 0 saturated carbocycles. The zero-order valence-corrected chi connectivity index (χ0v) is 15.3. The van der Waals surface area contributed by atoms with Gasteiger partial charge in [-0.1, -0.05) is 6.92 Å². The topological polar surface area (TPSA) is 78.8 Å². The number of nitrogens with one attached hydrogen (secondary N) is 2. The van der Waals surface area contributed by atoms with E-state index in [4.69, 9.17) is 0 Å². The van der Waals surface area contributed by atoms with Crippen LogP contribution in [0.15, 0.2) is 18.5 Å². The van der Waals surface area contributed by atoms with Gasteiger partial charge in [-0.3, -0.25) is 9.78 Å². The Hall–Kier alpha value is -2.31. The lowest BCUT2D eigenvalue weighted by atomic mass is 9.98. The van der Waals surface area contributed by atoms with Crippen LogP contribution in [0.2, 0.25) is 0 Å². The van der Waals surface area contributed by atoms with Crippen molar-refractivity contribution in [1.29, 1.82) is 0 Å². The predicted molar refractivity (Wildman–Crippen MR) is 96.1 cm³/mol. The van der Waals surface area contributed by atoms with E-state index in [0.29, 0.717) is 12.5 Å². The summed E-state index contributed by atoms with van der Waals surface area (Å²) < 4.78 is 2.02. The number of urea groups is 1. The molecule has 2 atom stereocenters. The van der Waals surface area contributed by atoms with Crippen molar-refractivity contribution in [2.75, 3.05) is 13.1 Å². The Morgan fingerprint density at radius 3 is 2.96 bits per heavy atom. The van der Waals surface area contributed by atoms with Crippen molar-refractivity contribution in [2.45, 2.75) is 52.6 Å². The zero-order chi connectivity index (χ0) is 17.8. The van der Waals surface area contributed by atoms with Gasteiger partial charge in [0.1, 0.15) is 0 Å². The Kier molecular flexibility index (Phi) is 5.40. The Morgan fingerprint density at radius 1 is 1.44 bits per heavy atom. The molecule has 1 fully saturated rings. The number of aromatic nitrogens is 4. The van der Waals surface area contributed by atoms with E-state index in [2.05, 4.69) is 40.5 Å². The van der Waals surface area contributed by atoms with Crippen LogP contribution in [0.3, 0.4) is 0 Å². The zero-order valence-electron chi connectivity index (χ0n) is 15.3. The molecule has 3 rings (SSSR count). The first-order valence-electron chi connectivity index (χ1n) is 9.09. The first-order valence-corrected chi connectivity index (χ1v) is 9.09. The molecule has 0 spiro atoms. The monoisotopic (exact) mass is 344 g/mol. The number of rotatable bonds is 5. The van der Waals surface area contributed by atoms with E-state index in [9.17, 15) is 4.79 Å². The molecule has 1 aliphatic heterocycles. The Labute approximate surface area is 148 Å². The van der Waals surface area contributed by atoms with Gasteiger partial charge in [0.2, 0.25) is 0 Å². The van der Waals surface area contributed by atoms with Crippen LogP contribution in [0.4, 0.5) is 4.79 Å². The maximum atomic E-state index is 12.7. The van der Waals surface area contributed by atoms with E-state index in [0.717, 1.165) is 49.3 Å². The molecule has 136 valence electrons. The smallest absolute Gasteiger partial charge is 0.317 e. The molecular formula is C18H28N6O. The number of aryl methyl sites for hydroxylation is 2. The van der Waals surface area contributed by atoms with Gasteiger partial charge in [0.25, 0.3) is 0 Å². The Morgan fingerprint density at radius 2 is 2.28 bits per heavy atom. The SMILES string of the molecule is Cc1cc(C)n(C[C@H](C)CNC(=O)N2CCCC[C@H]2c2cn[nH]c2)n1. The summed E-state index contributed by atoms with van der Waals surface area (Å²) in [6.07, 6.45) is 6.91. The number of likely N-dealkylation sites (tertiary alicyclic amines) is 1. The van der Waals surface area contributed by atoms with Crippen LogP contribution in [-0.2, 0) is 6.54 Å². The van der Waals surface area contributed by atoms with Gasteiger partial charge in [-0.25, -0.2) is 4.79 Å². The minimum Gasteiger partial charge on any atom is -0.338 e. The summed E-state index contributed by atoms with van der Waals surface area (Å²) in [7, 11) is 0. The van der Waals surface area contributed by atoms with Crippen molar-refractivity contribution in [1.82, 2.24) is 30.2 Å². The third kappa shape index (κ3) is 4.21. The lowest BCUT2D eigenvalue weighted by Crippen LogP contribution is -2.45. The van der Waals surface area contributed by atoms with Gasteiger partial charge in [-0.15, -0.1) is 0 Å². The molecule has 3 heterocycles. The fraction of sp³-hybridized carbons (Fsp3) is 0.611. The van der Waals surface area contributed by atoms with Gasteiger partial charge < -0.3 is 10.2 Å². The Balaban J connectivity index is 1.54. The number of piperidine rings is 1. The van der Waals surface area contributed by atoms with Crippen molar-refractivity contribution < 1.29 is 4.79 Å². The molecule has 7 heteroatoms. The van der Waals surface area contributed by atoms with Crippen molar-refractivity contribution in [2.24, 2.45) is 5.92 Å². The fourth-order valence-electron chi connectivity index (χ4n) is 3.55. The first-order chi connectivity index (χ1) is 12.0. The molecule has 0 aromatic carbocycles. The van der Waals surface area contributed by atoms with E-state index >= 15 is 0 Å². The summed E-state index contributed by atoms with van der Waals surface area (Å²) in [5.74, 6) is 0.319. The number of hydrogen-bond donors (Lipinski definition) is 2. The third-order valence-corrected chi connectivity index (χ3v) is 4.86. The van der Waals surface area contributed by atoms with Crippen molar-refractivity contribution in [3.05, 3.63) is 35.4 Å². The van der Waals surface area contributed by atoms with Crippen LogP contribution < -0.4 is 5.32 Å². The highest BCUT2D eigenvalue weighted by Gasteiger charge is 2.28. The van der Waals surface area contributed by atoms with Crippen LogP contribution in [0, 0.1) is 19.8 Å². The average molecular weight is 344 g/mol. The second kappa shape index (κ2) is 7.72. The van der Waals surface area contributed by atoms with Gasteiger partial charge in [-0.2, -0.15) is 10.2 Å². The second-order valence-electron chi connectivity index (χ2n) is 7.14. The lowest BCUT2D eigenvalue weighted by Gasteiger charge is -2.35. The van der Waals surface area contributed by atoms with Crippen LogP contribution >= 0.6 is 0 Å². The number of H-pyrrole nitrogens is 1. The molecule has 1 aliphatic rings. The highest BCUT2D eigenvalue weighted by molar-refractivity contribution is 5.74. The molecule has 2 aromatic rings. The summed E-state index contributed by atoms with van der Waals surface area (Å²) >= 11 is 0. The van der Waals surface area contributed by atoms with Gasteiger partial charge in [0, 0.05) is 37.1 Å². The molecule has 1 saturated heterocycles. The van der Waals surface area contributed by atoms with Crippen molar-refractivity contribution in [3.8, 4) is 0 Å². The van der Waals surface area contributed by atoms with Crippen LogP contribution in [0.1, 0.15) is 49.2 Å². The number of aromatic amines is 1. The number of hydrogen-bond acceptors (Lipinski definition) is 3. The maximum absolute atomic E-state index is 12.7. The lowest BCUT2D eigenvalue weighted by molar-refractivity contribution is 0.150. The summed E-state index contributed by atoms with van der Waals surface area (Å²) in [5.41, 5.74) is 3.28. The number of carbonyl (C=O) groups excluding carboxylic acids is 1. The highest BCUT2D eigenvalue weighted by atomic mass is 16.2. The van der Waals surface area contributed by atoms with E-state index in [1.165, 1.54) is 0 Å². The van der Waals surface area contributed by atoms with Gasteiger partial charge in [-0.05, 0) is 45.1 Å². The minimum atomic E-state index is 0.0196. The molecule has 0 bridgehead atoms. The number of carbonyl (C=O) groups is 1. The van der Waals surface area contributed by atoms with E-state index in [-0.39, 0.29) is 12.1 Å². The average Bonchev–Trinajstić information content (AvgIpc) is 3.23. The highest BCUT2D eigenvalue weighted by Crippen LogP contribution is 2.30. The number of amides is 2. The summed E-state index contributed by atoms with van der Waals surface area (Å²) in [5, 5.41) is 14.5. The van der Waals surface area contributed by atoms with Gasteiger partial charge in [0.05, 0.1) is 17.9 Å². The van der Waals surface area contributed by atoms with Crippen LogP contribution in [0.25, 0.3) is 0 Å². The molecule has 0 aliphatic carbocycles. The van der Waals surface area contributed by atoms with Gasteiger partial charge >= 0.3 is 6.03 Å². The summed E-state index contributed by atoms with van der Waals surface area (Å²) in [6.45, 7) is 8.46. The normalized spacial score (nSPS) is 19.0. The third-order valence-electron chi connectivity index (χ3n) is 4.86. The van der Waals surface area contributed by atoms with E-state index in [1.54, 1.807) is 0 Å². The number of nitrogens with zero attached hydrogens (tertiary/aromatic N) is 4.